The molecular formula is C16H32N4O3. The minimum absolute atomic E-state index is 0.203. The van der Waals surface area contributed by atoms with Crippen LogP contribution in [0.25, 0.3) is 0 Å². The van der Waals surface area contributed by atoms with Gasteiger partial charge < -0.3 is 25.0 Å². The average Bonchev–Trinajstić information content (AvgIpc) is 2.41. The Morgan fingerprint density at radius 3 is 2.57 bits per heavy atom. The number of likely N-dealkylation sites (tertiary alicyclic amines) is 1. The summed E-state index contributed by atoms with van der Waals surface area (Å²) >= 11 is 0. The number of nitrogens with zero attached hydrogens (tertiary/aromatic N) is 2. The van der Waals surface area contributed by atoms with Gasteiger partial charge >= 0.3 is 6.09 Å². The normalized spacial score (nSPS) is 16.0. The minimum atomic E-state index is -0.453. The van der Waals surface area contributed by atoms with Crippen molar-refractivity contribution in [3.8, 4) is 0 Å². The van der Waals surface area contributed by atoms with Gasteiger partial charge in [-0.1, -0.05) is 13.3 Å². The van der Waals surface area contributed by atoms with Gasteiger partial charge in [-0.05, 0) is 27.2 Å². The van der Waals surface area contributed by atoms with Crippen LogP contribution in [0.3, 0.4) is 0 Å². The topological polar surface area (TPSA) is 75.2 Å². The van der Waals surface area contributed by atoms with Crippen molar-refractivity contribution in [1.29, 1.82) is 0 Å². The van der Waals surface area contributed by atoms with E-state index in [1.54, 1.807) is 11.9 Å². The maximum absolute atomic E-state index is 11.9. The van der Waals surface area contributed by atoms with Crippen molar-refractivity contribution >= 4 is 12.1 Å². The van der Waals surface area contributed by atoms with Crippen molar-refractivity contribution in [1.82, 2.24) is 15.5 Å². The first-order valence-electron chi connectivity index (χ1n) is 8.38. The second-order valence-corrected chi connectivity index (χ2v) is 6.69. The molecule has 1 fully saturated rings. The number of unbranched alkanes of at least 4 members (excludes halogenated alkanes) is 1. The second kappa shape index (κ2) is 9.60. The largest absolute Gasteiger partial charge is 0.444 e. The molecule has 1 rings (SSSR count). The molecule has 0 atom stereocenters. The Morgan fingerprint density at radius 1 is 1.30 bits per heavy atom. The molecule has 7 nitrogen and oxygen atoms in total. The average molecular weight is 328 g/mol. The van der Waals surface area contributed by atoms with Crippen LogP contribution in [-0.2, 0) is 9.47 Å². The van der Waals surface area contributed by atoms with Gasteiger partial charge in [0.05, 0.1) is 12.6 Å². The summed E-state index contributed by atoms with van der Waals surface area (Å²) in [5.74, 6) is 0.734. The lowest BCUT2D eigenvalue weighted by molar-refractivity contribution is 0.00700. The molecule has 0 aliphatic carbocycles. The van der Waals surface area contributed by atoms with Gasteiger partial charge in [-0.25, -0.2) is 4.79 Å². The molecule has 0 bridgehead atoms. The fourth-order valence-corrected chi connectivity index (χ4v) is 2.02. The standard InChI is InChI=1S/C16H32N4O3/c1-6-7-9-22-10-8-18-14(17-5)19-13-11-20(12-13)15(21)23-16(2,3)4/h13H,6-12H2,1-5H3,(H2,17,18,19). The first-order valence-corrected chi connectivity index (χ1v) is 8.38. The highest BCUT2D eigenvalue weighted by Crippen LogP contribution is 2.15. The van der Waals surface area contributed by atoms with Crippen LogP contribution < -0.4 is 10.6 Å². The van der Waals surface area contributed by atoms with E-state index >= 15 is 0 Å². The number of carbonyl (C=O) groups is 1. The maximum Gasteiger partial charge on any atom is 0.410 e. The zero-order chi connectivity index (χ0) is 17.3. The minimum Gasteiger partial charge on any atom is -0.444 e. The Morgan fingerprint density at radius 2 is 2.00 bits per heavy atom. The number of carbonyl (C=O) groups excluding carboxylic acids is 1. The van der Waals surface area contributed by atoms with Gasteiger partial charge in [-0.2, -0.15) is 0 Å². The van der Waals surface area contributed by atoms with Crippen molar-refractivity contribution < 1.29 is 14.3 Å². The summed E-state index contributed by atoms with van der Waals surface area (Å²) in [7, 11) is 1.73. The highest BCUT2D eigenvalue weighted by atomic mass is 16.6. The summed E-state index contributed by atoms with van der Waals surface area (Å²) in [5.41, 5.74) is -0.453. The summed E-state index contributed by atoms with van der Waals surface area (Å²) in [4.78, 5) is 17.7. The quantitative estimate of drug-likeness (QED) is 0.422. The number of amides is 1. The Balaban J connectivity index is 2.15. The molecule has 7 heteroatoms. The molecule has 134 valence electrons. The summed E-state index contributed by atoms with van der Waals surface area (Å²) in [6, 6.07) is 0.203. The summed E-state index contributed by atoms with van der Waals surface area (Å²) in [6.45, 7) is 11.2. The van der Waals surface area contributed by atoms with E-state index < -0.39 is 5.60 Å². The Bertz CT molecular complexity index is 387. The van der Waals surface area contributed by atoms with Crippen LogP contribution in [0.2, 0.25) is 0 Å². The summed E-state index contributed by atoms with van der Waals surface area (Å²) in [6.07, 6.45) is 1.98. The molecule has 1 aliphatic rings. The van der Waals surface area contributed by atoms with Crippen LogP contribution in [0.4, 0.5) is 4.79 Å². The first-order chi connectivity index (χ1) is 10.9. The van der Waals surface area contributed by atoms with Crippen LogP contribution in [0.5, 0.6) is 0 Å². The Hall–Kier alpha value is -1.50. The van der Waals surface area contributed by atoms with Crippen molar-refractivity contribution in [2.24, 2.45) is 4.99 Å². The van der Waals surface area contributed by atoms with Gasteiger partial charge in [0, 0.05) is 33.3 Å². The molecule has 0 aromatic rings. The second-order valence-electron chi connectivity index (χ2n) is 6.69. The number of ether oxygens (including phenoxy) is 2. The molecule has 1 amide bonds. The predicted molar refractivity (Wildman–Crippen MR) is 91.8 cm³/mol. The van der Waals surface area contributed by atoms with Crippen molar-refractivity contribution in [3.63, 3.8) is 0 Å². The molecule has 0 aromatic heterocycles. The van der Waals surface area contributed by atoms with E-state index in [-0.39, 0.29) is 12.1 Å². The van der Waals surface area contributed by atoms with E-state index in [0.29, 0.717) is 26.2 Å². The first kappa shape index (κ1) is 19.5. The van der Waals surface area contributed by atoms with E-state index in [1.807, 2.05) is 20.8 Å². The number of nitrogens with one attached hydrogen (secondary N) is 2. The lowest BCUT2D eigenvalue weighted by Crippen LogP contribution is -2.63. The monoisotopic (exact) mass is 328 g/mol. The lowest BCUT2D eigenvalue weighted by Gasteiger charge is -2.40. The third-order valence-corrected chi connectivity index (χ3v) is 3.28. The maximum atomic E-state index is 11.9. The zero-order valence-corrected chi connectivity index (χ0v) is 15.1. The van der Waals surface area contributed by atoms with Crippen LogP contribution in [0.15, 0.2) is 4.99 Å². The molecule has 0 aromatic carbocycles. The number of hydrogen-bond donors (Lipinski definition) is 2. The number of guanidine groups is 1. The van der Waals surface area contributed by atoms with Gasteiger partial charge in [-0.3, -0.25) is 4.99 Å². The fraction of sp³-hybridized carbons (Fsp3) is 0.875. The van der Waals surface area contributed by atoms with E-state index in [4.69, 9.17) is 9.47 Å². The number of rotatable bonds is 7. The van der Waals surface area contributed by atoms with Crippen molar-refractivity contribution in [2.45, 2.75) is 52.2 Å². The molecule has 2 N–H and O–H groups in total. The van der Waals surface area contributed by atoms with Crippen molar-refractivity contribution in [3.05, 3.63) is 0 Å². The predicted octanol–water partition coefficient (Wildman–Crippen LogP) is 1.59. The third kappa shape index (κ3) is 8.06. The summed E-state index contributed by atoms with van der Waals surface area (Å²) in [5, 5.41) is 6.49. The molecular weight excluding hydrogens is 296 g/mol. The molecule has 1 saturated heterocycles. The van der Waals surface area contributed by atoms with Gasteiger partial charge in [-0.15, -0.1) is 0 Å². The van der Waals surface area contributed by atoms with Crippen molar-refractivity contribution in [2.75, 3.05) is 39.9 Å². The van der Waals surface area contributed by atoms with Crippen LogP contribution >= 0.6 is 0 Å². The molecule has 0 radical (unpaired) electrons. The summed E-state index contributed by atoms with van der Waals surface area (Å²) < 4.78 is 10.8. The van der Waals surface area contributed by atoms with Gasteiger partial charge in [0.1, 0.15) is 5.60 Å². The number of aliphatic imine (C=N–C) groups is 1. The van der Waals surface area contributed by atoms with E-state index in [0.717, 1.165) is 25.4 Å². The smallest absolute Gasteiger partial charge is 0.410 e. The van der Waals surface area contributed by atoms with E-state index in [9.17, 15) is 4.79 Å². The Kier molecular flexibility index (Phi) is 8.16. The molecule has 0 saturated carbocycles. The van der Waals surface area contributed by atoms with E-state index in [1.165, 1.54) is 0 Å². The van der Waals surface area contributed by atoms with Gasteiger partial charge in [0.2, 0.25) is 0 Å². The molecule has 1 heterocycles. The molecule has 1 aliphatic heterocycles. The lowest BCUT2D eigenvalue weighted by atomic mass is 10.1. The highest BCUT2D eigenvalue weighted by Gasteiger charge is 2.34. The Labute approximate surface area is 139 Å². The molecule has 0 unspecified atom stereocenters. The van der Waals surface area contributed by atoms with Gasteiger partial charge in [0.15, 0.2) is 5.96 Å². The van der Waals surface area contributed by atoms with Crippen LogP contribution in [0, 0.1) is 0 Å². The third-order valence-electron chi connectivity index (χ3n) is 3.28. The van der Waals surface area contributed by atoms with Gasteiger partial charge in [0.25, 0.3) is 0 Å². The molecule has 0 spiro atoms. The fourth-order valence-electron chi connectivity index (χ4n) is 2.02. The van der Waals surface area contributed by atoms with Crippen LogP contribution in [-0.4, -0.2) is 68.5 Å². The van der Waals surface area contributed by atoms with E-state index in [2.05, 4.69) is 22.5 Å². The zero-order valence-electron chi connectivity index (χ0n) is 15.1. The number of hydrogen-bond acceptors (Lipinski definition) is 4. The SMILES string of the molecule is CCCCOCCNC(=NC)NC1CN(C(=O)OC(C)(C)C)C1. The molecule has 23 heavy (non-hydrogen) atoms. The highest BCUT2D eigenvalue weighted by molar-refractivity contribution is 5.80. The van der Waals surface area contributed by atoms with Crippen LogP contribution in [0.1, 0.15) is 40.5 Å².